The van der Waals surface area contributed by atoms with E-state index in [0.29, 0.717) is 17.5 Å². The van der Waals surface area contributed by atoms with Crippen molar-refractivity contribution in [2.75, 3.05) is 7.11 Å². The van der Waals surface area contributed by atoms with E-state index in [4.69, 9.17) is 4.74 Å². The number of benzene rings is 7. The van der Waals surface area contributed by atoms with Crippen molar-refractivity contribution in [1.82, 2.24) is 0 Å². The zero-order chi connectivity index (χ0) is 28.6. The topological polar surface area (TPSA) is 46.5 Å². The van der Waals surface area contributed by atoms with Crippen molar-refractivity contribution in [2.24, 2.45) is 0 Å². The average Bonchev–Trinajstić information content (AvgIpc) is 3.03. The summed E-state index contributed by atoms with van der Waals surface area (Å²) in [5.74, 6) is -0.616. The molecule has 1 N–H and O–H groups in total. The zero-order valence-corrected chi connectivity index (χ0v) is 23.2. The average molecular weight is 545 g/mol. The molecule has 7 aromatic carbocycles. The van der Waals surface area contributed by atoms with Gasteiger partial charge in [-0.3, -0.25) is 0 Å². The summed E-state index contributed by atoms with van der Waals surface area (Å²) in [7, 11) is 1.35. The minimum absolute atomic E-state index is 0.0520. The number of phenolic OH excluding ortho intramolecular Hbond substituents is 1. The number of hydrogen-bond donors (Lipinski definition) is 1. The van der Waals surface area contributed by atoms with Gasteiger partial charge in [0.05, 0.1) is 7.11 Å². The standard InChI is InChI=1S/C39H28O3/c1-42-39(41)37-35(36-32-18-8-4-13-28(32)24-29-14-5-9-19-33(29)36)22-21-25(38(37)40)15-10-20-34-30-16-6-2-11-26(30)23-27-12-3-7-17-31(27)34/h2-14,16-24,40H,15H2,1H3/b20-10+. The second-order valence-electron chi connectivity index (χ2n) is 10.5. The predicted molar refractivity (Wildman–Crippen MR) is 174 cm³/mol. The van der Waals surface area contributed by atoms with Gasteiger partial charge in [-0.2, -0.15) is 0 Å². The molecule has 42 heavy (non-hydrogen) atoms. The van der Waals surface area contributed by atoms with Crippen LogP contribution in [0.1, 0.15) is 21.5 Å². The smallest absolute Gasteiger partial charge is 0.342 e. The summed E-state index contributed by atoms with van der Waals surface area (Å²) in [4.78, 5) is 13.2. The second kappa shape index (κ2) is 10.5. The summed E-state index contributed by atoms with van der Waals surface area (Å²) >= 11 is 0. The Morgan fingerprint density at radius 3 is 1.67 bits per heavy atom. The first-order chi connectivity index (χ1) is 20.6. The Kier molecular flexibility index (Phi) is 6.41. The molecule has 0 saturated heterocycles. The Labute approximate surface area is 243 Å². The maximum atomic E-state index is 13.2. The lowest BCUT2D eigenvalue weighted by Crippen LogP contribution is -2.06. The van der Waals surface area contributed by atoms with Gasteiger partial charge in [0.2, 0.25) is 0 Å². The third-order valence-corrected chi connectivity index (χ3v) is 8.13. The molecule has 0 unspecified atom stereocenters. The molecule has 0 aliphatic carbocycles. The molecule has 0 heterocycles. The number of ether oxygens (including phenoxy) is 1. The molecule has 0 amide bonds. The maximum Gasteiger partial charge on any atom is 0.342 e. The van der Waals surface area contributed by atoms with Gasteiger partial charge in [0, 0.05) is 5.56 Å². The lowest BCUT2D eigenvalue weighted by molar-refractivity contribution is 0.0598. The molecule has 0 fully saturated rings. The lowest BCUT2D eigenvalue weighted by atomic mass is 9.88. The minimum Gasteiger partial charge on any atom is -0.507 e. The maximum absolute atomic E-state index is 13.2. The van der Waals surface area contributed by atoms with Crippen LogP contribution in [0.2, 0.25) is 0 Å². The molecule has 0 radical (unpaired) electrons. The van der Waals surface area contributed by atoms with E-state index in [1.54, 1.807) is 0 Å². The SMILES string of the molecule is COC(=O)c1c(-c2c3ccccc3cc3ccccc23)ccc(C/C=C/c2c3ccccc3cc3ccccc23)c1O. The highest BCUT2D eigenvalue weighted by Crippen LogP contribution is 2.42. The van der Waals surface area contributed by atoms with Crippen molar-refractivity contribution < 1.29 is 14.6 Å². The lowest BCUT2D eigenvalue weighted by Gasteiger charge is -2.17. The van der Waals surface area contributed by atoms with Crippen molar-refractivity contribution in [1.29, 1.82) is 0 Å². The van der Waals surface area contributed by atoms with E-state index in [2.05, 4.69) is 97.1 Å². The van der Waals surface area contributed by atoms with E-state index >= 15 is 0 Å². The molecule has 3 heteroatoms. The van der Waals surface area contributed by atoms with E-state index in [9.17, 15) is 9.90 Å². The molecule has 0 saturated carbocycles. The molecule has 0 aliphatic heterocycles. The number of allylic oxidation sites excluding steroid dienone is 1. The van der Waals surface area contributed by atoms with Crippen LogP contribution in [-0.2, 0) is 11.2 Å². The van der Waals surface area contributed by atoms with E-state index in [-0.39, 0.29) is 11.3 Å². The number of carbonyl (C=O) groups excluding carboxylic acids is 1. The molecular formula is C39H28O3. The van der Waals surface area contributed by atoms with E-state index < -0.39 is 5.97 Å². The number of rotatable bonds is 5. The van der Waals surface area contributed by atoms with Crippen LogP contribution < -0.4 is 0 Å². The minimum atomic E-state index is -0.564. The van der Waals surface area contributed by atoms with Gasteiger partial charge in [-0.05, 0) is 78.3 Å². The summed E-state index contributed by atoms with van der Waals surface area (Å²) < 4.78 is 5.21. The fourth-order valence-corrected chi connectivity index (χ4v) is 6.15. The molecule has 0 aliphatic rings. The Morgan fingerprint density at radius 2 is 1.14 bits per heavy atom. The summed E-state index contributed by atoms with van der Waals surface area (Å²) in [6, 6.07) is 41.2. The highest BCUT2D eigenvalue weighted by atomic mass is 16.5. The van der Waals surface area contributed by atoms with E-state index in [1.165, 1.54) is 28.7 Å². The molecule has 0 aromatic heterocycles. The molecule has 0 bridgehead atoms. The van der Waals surface area contributed by atoms with Crippen LogP contribution in [0.3, 0.4) is 0 Å². The molecular weight excluding hydrogens is 516 g/mol. The first-order valence-corrected chi connectivity index (χ1v) is 14.0. The molecule has 0 atom stereocenters. The number of phenols is 1. The number of esters is 1. The highest BCUT2D eigenvalue weighted by molar-refractivity contribution is 6.16. The van der Waals surface area contributed by atoms with Crippen molar-refractivity contribution >= 4 is 55.1 Å². The van der Waals surface area contributed by atoms with Crippen LogP contribution in [0.25, 0.3) is 60.3 Å². The van der Waals surface area contributed by atoms with Crippen LogP contribution in [0.5, 0.6) is 5.75 Å². The van der Waals surface area contributed by atoms with Crippen LogP contribution in [0.15, 0.2) is 127 Å². The van der Waals surface area contributed by atoms with Crippen LogP contribution in [0, 0.1) is 0 Å². The Morgan fingerprint density at radius 1 is 0.667 bits per heavy atom. The van der Waals surface area contributed by atoms with Gasteiger partial charge in [-0.1, -0.05) is 121 Å². The third kappa shape index (κ3) is 4.27. The van der Waals surface area contributed by atoms with Crippen molar-refractivity contribution in [2.45, 2.75) is 6.42 Å². The number of methoxy groups -OCH3 is 1. The van der Waals surface area contributed by atoms with E-state index in [1.807, 2.05) is 36.4 Å². The van der Waals surface area contributed by atoms with Crippen molar-refractivity contribution in [3.63, 3.8) is 0 Å². The summed E-state index contributed by atoms with van der Waals surface area (Å²) in [5, 5.41) is 20.4. The first kappa shape index (κ1) is 25.6. The van der Waals surface area contributed by atoms with Gasteiger partial charge in [-0.15, -0.1) is 0 Å². The van der Waals surface area contributed by atoms with Gasteiger partial charge in [0.1, 0.15) is 11.3 Å². The van der Waals surface area contributed by atoms with Crippen molar-refractivity contribution in [3.05, 3.63) is 144 Å². The number of fused-ring (bicyclic) bond motifs is 4. The quantitative estimate of drug-likeness (QED) is 0.173. The monoisotopic (exact) mass is 544 g/mol. The predicted octanol–water partition coefficient (Wildman–Crippen LogP) is 9.71. The largest absolute Gasteiger partial charge is 0.507 e. The van der Waals surface area contributed by atoms with Gasteiger partial charge in [0.25, 0.3) is 0 Å². The van der Waals surface area contributed by atoms with Crippen LogP contribution >= 0.6 is 0 Å². The van der Waals surface area contributed by atoms with Crippen LogP contribution in [0.4, 0.5) is 0 Å². The normalized spacial score (nSPS) is 11.6. The fourth-order valence-electron chi connectivity index (χ4n) is 6.15. The summed E-state index contributed by atoms with van der Waals surface area (Å²) in [6.45, 7) is 0. The third-order valence-electron chi connectivity index (χ3n) is 8.13. The second-order valence-corrected chi connectivity index (χ2v) is 10.5. The zero-order valence-electron chi connectivity index (χ0n) is 23.2. The number of carbonyl (C=O) groups is 1. The Hall–Kier alpha value is -5.41. The summed E-state index contributed by atoms with van der Waals surface area (Å²) in [5.41, 5.74) is 3.53. The molecule has 7 aromatic rings. The van der Waals surface area contributed by atoms with Crippen LogP contribution in [-0.4, -0.2) is 18.2 Å². The van der Waals surface area contributed by atoms with Gasteiger partial charge < -0.3 is 9.84 Å². The van der Waals surface area contributed by atoms with Gasteiger partial charge >= 0.3 is 5.97 Å². The first-order valence-electron chi connectivity index (χ1n) is 14.0. The van der Waals surface area contributed by atoms with Gasteiger partial charge in [0.15, 0.2) is 0 Å². The Bertz CT molecular complexity index is 2080. The highest BCUT2D eigenvalue weighted by Gasteiger charge is 2.23. The molecule has 7 rings (SSSR count). The van der Waals surface area contributed by atoms with Crippen molar-refractivity contribution in [3.8, 4) is 16.9 Å². The Balaban J connectivity index is 1.37. The number of hydrogen-bond acceptors (Lipinski definition) is 3. The molecule has 0 spiro atoms. The molecule has 3 nitrogen and oxygen atoms in total. The van der Waals surface area contributed by atoms with E-state index in [0.717, 1.165) is 32.7 Å². The number of aromatic hydroxyl groups is 1. The molecule has 202 valence electrons. The summed E-state index contributed by atoms with van der Waals surface area (Å²) in [6.07, 6.45) is 4.62. The van der Waals surface area contributed by atoms with Gasteiger partial charge in [-0.25, -0.2) is 4.79 Å². The fraction of sp³-hybridized carbons (Fsp3) is 0.0513.